The second kappa shape index (κ2) is 8.31. The normalized spacial score (nSPS) is 10.4. The number of hydrogen-bond donors (Lipinski definition) is 2. The van der Waals surface area contributed by atoms with Crippen molar-refractivity contribution in [2.24, 2.45) is 0 Å². The van der Waals surface area contributed by atoms with E-state index in [1.54, 1.807) is 6.07 Å². The first-order chi connectivity index (χ1) is 11.4. The van der Waals surface area contributed by atoms with Gasteiger partial charge in [0.1, 0.15) is 5.82 Å². The van der Waals surface area contributed by atoms with Gasteiger partial charge >= 0.3 is 0 Å². The van der Waals surface area contributed by atoms with E-state index in [2.05, 4.69) is 41.5 Å². The number of anilines is 3. The lowest BCUT2D eigenvalue weighted by Crippen LogP contribution is -2.22. The molecule has 0 aliphatic carbocycles. The zero-order valence-corrected chi connectivity index (χ0v) is 15.6. The number of hydrogen-bond acceptors (Lipinski definition) is 2. The maximum atomic E-state index is 13.1. The van der Waals surface area contributed by atoms with Crippen LogP contribution in [0.25, 0.3) is 0 Å². The molecule has 0 aliphatic heterocycles. The molecule has 6 heteroatoms. The van der Waals surface area contributed by atoms with Crippen LogP contribution < -0.4 is 15.5 Å². The van der Waals surface area contributed by atoms with Gasteiger partial charge in [-0.05, 0) is 75.0 Å². The molecule has 2 aromatic carbocycles. The fourth-order valence-electron chi connectivity index (χ4n) is 2.44. The lowest BCUT2D eigenvalue weighted by molar-refractivity contribution is 0.628. The SMILES string of the molecule is CCN(CC)c1ccc(NC(=S)Nc2ccc(F)cc2Cl)c(C)c1. The van der Waals surface area contributed by atoms with E-state index >= 15 is 0 Å². The molecule has 2 rings (SSSR count). The Morgan fingerprint density at radius 3 is 2.29 bits per heavy atom. The van der Waals surface area contributed by atoms with Crippen molar-refractivity contribution in [1.82, 2.24) is 0 Å². The summed E-state index contributed by atoms with van der Waals surface area (Å²) in [7, 11) is 0. The monoisotopic (exact) mass is 365 g/mol. The summed E-state index contributed by atoms with van der Waals surface area (Å²) < 4.78 is 13.1. The molecule has 0 atom stereocenters. The summed E-state index contributed by atoms with van der Waals surface area (Å²) in [4.78, 5) is 2.28. The molecule has 0 fully saturated rings. The van der Waals surface area contributed by atoms with E-state index in [0.29, 0.717) is 10.8 Å². The van der Waals surface area contributed by atoms with E-state index in [-0.39, 0.29) is 10.8 Å². The van der Waals surface area contributed by atoms with E-state index in [1.807, 2.05) is 13.0 Å². The molecule has 24 heavy (non-hydrogen) atoms. The van der Waals surface area contributed by atoms with Gasteiger partial charge in [-0.15, -0.1) is 0 Å². The van der Waals surface area contributed by atoms with Crippen LogP contribution >= 0.6 is 23.8 Å². The lowest BCUT2D eigenvalue weighted by atomic mass is 10.1. The highest BCUT2D eigenvalue weighted by molar-refractivity contribution is 7.80. The topological polar surface area (TPSA) is 27.3 Å². The van der Waals surface area contributed by atoms with Gasteiger partial charge in [0.25, 0.3) is 0 Å². The van der Waals surface area contributed by atoms with Crippen LogP contribution in [0.5, 0.6) is 0 Å². The third-order valence-corrected chi connectivity index (χ3v) is 4.28. The molecule has 0 heterocycles. The number of aryl methyl sites for hydroxylation is 1. The number of benzene rings is 2. The van der Waals surface area contributed by atoms with E-state index in [4.69, 9.17) is 23.8 Å². The van der Waals surface area contributed by atoms with Crippen molar-refractivity contribution in [3.63, 3.8) is 0 Å². The van der Waals surface area contributed by atoms with Crippen LogP contribution in [-0.4, -0.2) is 18.2 Å². The van der Waals surface area contributed by atoms with Crippen molar-refractivity contribution in [2.45, 2.75) is 20.8 Å². The number of thiocarbonyl (C=S) groups is 1. The summed E-state index contributed by atoms with van der Waals surface area (Å²) in [5, 5.41) is 6.83. The molecular weight excluding hydrogens is 345 g/mol. The molecule has 2 N–H and O–H groups in total. The average Bonchev–Trinajstić information content (AvgIpc) is 2.54. The maximum absolute atomic E-state index is 13.1. The number of halogens is 2. The lowest BCUT2D eigenvalue weighted by Gasteiger charge is -2.22. The molecule has 3 nitrogen and oxygen atoms in total. The summed E-state index contributed by atoms with van der Waals surface area (Å²) >= 11 is 11.3. The zero-order valence-electron chi connectivity index (χ0n) is 14.0. The van der Waals surface area contributed by atoms with Crippen molar-refractivity contribution in [3.8, 4) is 0 Å². The molecule has 0 saturated carbocycles. The Kier molecular flexibility index (Phi) is 6.40. The fourth-order valence-corrected chi connectivity index (χ4v) is 2.87. The summed E-state index contributed by atoms with van der Waals surface area (Å²) in [5.74, 6) is -0.382. The van der Waals surface area contributed by atoms with Gasteiger partial charge in [0.05, 0.1) is 10.7 Å². The van der Waals surface area contributed by atoms with Gasteiger partial charge in [-0.25, -0.2) is 4.39 Å². The van der Waals surface area contributed by atoms with Crippen LogP contribution in [0.2, 0.25) is 5.02 Å². The minimum Gasteiger partial charge on any atom is -0.372 e. The molecule has 0 spiro atoms. The maximum Gasteiger partial charge on any atom is 0.175 e. The molecule has 0 unspecified atom stereocenters. The third-order valence-electron chi connectivity index (χ3n) is 3.77. The Bertz CT molecular complexity index is 732. The second-order valence-corrected chi connectivity index (χ2v) is 6.19. The van der Waals surface area contributed by atoms with Crippen molar-refractivity contribution in [2.75, 3.05) is 28.6 Å². The minimum absolute atomic E-state index is 0.285. The van der Waals surface area contributed by atoms with E-state index in [0.717, 1.165) is 24.3 Å². The van der Waals surface area contributed by atoms with Crippen LogP contribution in [0.4, 0.5) is 21.5 Å². The Labute approximate surface area is 152 Å². The molecule has 2 aromatic rings. The molecule has 0 amide bonds. The quantitative estimate of drug-likeness (QED) is 0.689. The summed E-state index contributed by atoms with van der Waals surface area (Å²) in [6, 6.07) is 10.3. The van der Waals surface area contributed by atoms with Gasteiger partial charge in [-0.2, -0.15) is 0 Å². The van der Waals surface area contributed by atoms with Crippen molar-refractivity contribution < 1.29 is 4.39 Å². The Morgan fingerprint density at radius 2 is 1.71 bits per heavy atom. The number of nitrogens with one attached hydrogen (secondary N) is 2. The smallest absolute Gasteiger partial charge is 0.175 e. The van der Waals surface area contributed by atoms with E-state index in [1.165, 1.54) is 17.8 Å². The Morgan fingerprint density at radius 1 is 1.08 bits per heavy atom. The van der Waals surface area contributed by atoms with E-state index in [9.17, 15) is 4.39 Å². The van der Waals surface area contributed by atoms with Crippen LogP contribution in [-0.2, 0) is 0 Å². The molecule has 0 aromatic heterocycles. The van der Waals surface area contributed by atoms with Gasteiger partial charge in [0, 0.05) is 24.5 Å². The predicted octanol–water partition coefficient (Wildman–Crippen LogP) is 5.44. The zero-order chi connectivity index (χ0) is 17.7. The molecule has 0 saturated heterocycles. The predicted molar refractivity (Wildman–Crippen MR) is 106 cm³/mol. The van der Waals surface area contributed by atoms with Crippen LogP contribution in [0, 0.1) is 12.7 Å². The standard InChI is InChI=1S/C18H21ClFN3S/c1-4-23(5-2)14-7-9-16(12(3)10-14)21-18(24)22-17-8-6-13(20)11-15(17)19/h6-11H,4-5H2,1-3H3,(H2,21,22,24). The van der Waals surface area contributed by atoms with Gasteiger partial charge in [-0.1, -0.05) is 11.6 Å². The number of nitrogens with zero attached hydrogens (tertiary/aromatic N) is 1. The highest BCUT2D eigenvalue weighted by Crippen LogP contribution is 2.25. The molecular formula is C18H21ClFN3S. The third kappa shape index (κ3) is 4.58. The van der Waals surface area contributed by atoms with Gasteiger partial charge < -0.3 is 15.5 Å². The summed E-state index contributed by atoms with van der Waals surface area (Å²) in [6.07, 6.45) is 0. The minimum atomic E-state index is -0.382. The molecule has 0 radical (unpaired) electrons. The molecule has 0 bridgehead atoms. The Balaban J connectivity index is 2.08. The van der Waals surface area contributed by atoms with E-state index < -0.39 is 0 Å². The van der Waals surface area contributed by atoms with Crippen LogP contribution in [0.1, 0.15) is 19.4 Å². The van der Waals surface area contributed by atoms with Crippen LogP contribution in [0.15, 0.2) is 36.4 Å². The summed E-state index contributed by atoms with van der Waals surface area (Å²) in [5.41, 5.74) is 3.76. The fraction of sp³-hybridized carbons (Fsp3) is 0.278. The van der Waals surface area contributed by atoms with Crippen LogP contribution in [0.3, 0.4) is 0 Å². The van der Waals surface area contributed by atoms with Gasteiger partial charge in [-0.3, -0.25) is 0 Å². The van der Waals surface area contributed by atoms with Crippen molar-refractivity contribution in [1.29, 1.82) is 0 Å². The highest BCUT2D eigenvalue weighted by atomic mass is 35.5. The second-order valence-electron chi connectivity index (χ2n) is 5.37. The molecule has 128 valence electrons. The van der Waals surface area contributed by atoms with Gasteiger partial charge in [0.15, 0.2) is 5.11 Å². The average molecular weight is 366 g/mol. The highest BCUT2D eigenvalue weighted by Gasteiger charge is 2.08. The first kappa shape index (κ1) is 18.5. The largest absolute Gasteiger partial charge is 0.372 e. The Hall–Kier alpha value is -1.85. The van der Waals surface area contributed by atoms with Crippen molar-refractivity contribution in [3.05, 3.63) is 52.8 Å². The van der Waals surface area contributed by atoms with Crippen molar-refractivity contribution >= 4 is 46.0 Å². The first-order valence-electron chi connectivity index (χ1n) is 7.83. The first-order valence-corrected chi connectivity index (χ1v) is 8.61. The van der Waals surface area contributed by atoms with Gasteiger partial charge in [0.2, 0.25) is 0 Å². The molecule has 0 aliphatic rings. The summed E-state index contributed by atoms with van der Waals surface area (Å²) in [6.45, 7) is 8.23. The number of rotatable bonds is 5.